The quantitative estimate of drug-likeness (QED) is 0.840. The largest absolute Gasteiger partial charge is 0.481 e. The van der Waals surface area contributed by atoms with Gasteiger partial charge < -0.3 is 15.2 Å². The summed E-state index contributed by atoms with van der Waals surface area (Å²) in [5, 5.41) is 4.45. The SMILES string of the molecule is COCCN1CCC(N)C1c1c(C)nn(C)c1OC. The number of likely N-dealkylation sites (tertiary alicyclic amines) is 1. The van der Waals surface area contributed by atoms with E-state index in [1.807, 2.05) is 14.0 Å². The van der Waals surface area contributed by atoms with Gasteiger partial charge in [-0.15, -0.1) is 0 Å². The molecule has 2 N–H and O–H groups in total. The van der Waals surface area contributed by atoms with Gasteiger partial charge in [-0.1, -0.05) is 0 Å². The minimum atomic E-state index is 0.119. The first kappa shape index (κ1) is 14.3. The molecule has 0 radical (unpaired) electrons. The molecule has 0 spiro atoms. The smallest absolute Gasteiger partial charge is 0.216 e. The third-order valence-corrected chi connectivity index (χ3v) is 3.83. The van der Waals surface area contributed by atoms with Gasteiger partial charge in [0.15, 0.2) is 0 Å². The zero-order chi connectivity index (χ0) is 14.0. The van der Waals surface area contributed by atoms with Gasteiger partial charge in [-0.25, -0.2) is 4.68 Å². The lowest BCUT2D eigenvalue weighted by Crippen LogP contribution is -2.34. The molecule has 2 rings (SSSR count). The number of rotatable bonds is 5. The highest BCUT2D eigenvalue weighted by Crippen LogP contribution is 2.37. The van der Waals surface area contributed by atoms with Crippen molar-refractivity contribution in [2.45, 2.75) is 25.4 Å². The number of nitrogens with zero attached hydrogens (tertiary/aromatic N) is 3. The lowest BCUT2D eigenvalue weighted by atomic mass is 10.0. The normalized spacial score (nSPS) is 24.1. The van der Waals surface area contributed by atoms with Crippen LogP contribution in [0.1, 0.15) is 23.7 Å². The van der Waals surface area contributed by atoms with E-state index in [2.05, 4.69) is 10.00 Å². The van der Waals surface area contributed by atoms with E-state index < -0.39 is 0 Å². The summed E-state index contributed by atoms with van der Waals surface area (Å²) in [6, 6.07) is 0.285. The molecule has 1 aromatic rings. The van der Waals surface area contributed by atoms with Crippen LogP contribution in [0.2, 0.25) is 0 Å². The first-order valence-electron chi connectivity index (χ1n) is 6.66. The summed E-state index contributed by atoms with van der Waals surface area (Å²) < 4.78 is 12.5. The number of aromatic nitrogens is 2. The van der Waals surface area contributed by atoms with E-state index in [1.165, 1.54) is 0 Å². The molecule has 2 atom stereocenters. The molecular weight excluding hydrogens is 244 g/mol. The van der Waals surface area contributed by atoms with E-state index in [-0.39, 0.29) is 12.1 Å². The molecule has 0 bridgehead atoms. The van der Waals surface area contributed by atoms with Crippen LogP contribution in [0.3, 0.4) is 0 Å². The predicted octanol–water partition coefficient (Wildman–Crippen LogP) is 0.458. The van der Waals surface area contributed by atoms with Crippen molar-refractivity contribution >= 4 is 0 Å². The molecule has 0 aliphatic carbocycles. The zero-order valence-corrected chi connectivity index (χ0v) is 12.2. The van der Waals surface area contributed by atoms with Gasteiger partial charge in [0.25, 0.3) is 0 Å². The molecule has 1 fully saturated rings. The van der Waals surface area contributed by atoms with Crippen LogP contribution in [0.25, 0.3) is 0 Å². The molecule has 19 heavy (non-hydrogen) atoms. The number of ether oxygens (including phenoxy) is 2. The Morgan fingerprint density at radius 1 is 1.42 bits per heavy atom. The maximum absolute atomic E-state index is 6.30. The van der Waals surface area contributed by atoms with Crippen LogP contribution in [0.5, 0.6) is 5.88 Å². The minimum Gasteiger partial charge on any atom is -0.481 e. The van der Waals surface area contributed by atoms with Gasteiger partial charge in [-0.3, -0.25) is 4.90 Å². The van der Waals surface area contributed by atoms with Crippen molar-refractivity contribution in [3.8, 4) is 5.88 Å². The van der Waals surface area contributed by atoms with Crippen LogP contribution in [0.4, 0.5) is 0 Å². The molecule has 108 valence electrons. The first-order chi connectivity index (χ1) is 9.10. The van der Waals surface area contributed by atoms with E-state index in [0.29, 0.717) is 6.61 Å². The van der Waals surface area contributed by atoms with Crippen molar-refractivity contribution in [1.82, 2.24) is 14.7 Å². The second kappa shape index (κ2) is 5.90. The van der Waals surface area contributed by atoms with E-state index in [1.54, 1.807) is 18.9 Å². The molecule has 0 saturated carbocycles. The second-order valence-corrected chi connectivity index (χ2v) is 5.06. The Bertz CT molecular complexity index is 433. The fraction of sp³-hybridized carbons (Fsp3) is 0.769. The lowest BCUT2D eigenvalue weighted by molar-refractivity contribution is 0.137. The van der Waals surface area contributed by atoms with Crippen LogP contribution < -0.4 is 10.5 Å². The Hall–Kier alpha value is -1.11. The third-order valence-electron chi connectivity index (χ3n) is 3.83. The molecule has 1 aromatic heterocycles. The topological polar surface area (TPSA) is 65.5 Å². The van der Waals surface area contributed by atoms with Gasteiger partial charge in [-0.05, 0) is 13.3 Å². The summed E-state index contributed by atoms with van der Waals surface area (Å²) in [4.78, 5) is 2.36. The summed E-state index contributed by atoms with van der Waals surface area (Å²) in [7, 11) is 5.30. The van der Waals surface area contributed by atoms with Gasteiger partial charge in [-0.2, -0.15) is 5.10 Å². The summed E-state index contributed by atoms with van der Waals surface area (Å²) in [6.07, 6.45) is 0.992. The molecule has 2 unspecified atom stereocenters. The maximum atomic E-state index is 6.30. The average Bonchev–Trinajstić information content (AvgIpc) is 2.86. The molecule has 1 saturated heterocycles. The van der Waals surface area contributed by atoms with Crippen molar-refractivity contribution in [3.63, 3.8) is 0 Å². The Balaban J connectivity index is 2.32. The minimum absolute atomic E-state index is 0.119. The maximum Gasteiger partial charge on any atom is 0.216 e. The number of nitrogens with two attached hydrogens (primary N) is 1. The van der Waals surface area contributed by atoms with Gasteiger partial charge in [0, 0.05) is 33.3 Å². The number of aryl methyl sites for hydroxylation is 2. The van der Waals surface area contributed by atoms with E-state index in [4.69, 9.17) is 15.2 Å². The molecule has 0 aromatic carbocycles. The third kappa shape index (κ3) is 2.61. The van der Waals surface area contributed by atoms with Gasteiger partial charge in [0.05, 0.1) is 31.0 Å². The highest BCUT2D eigenvalue weighted by atomic mass is 16.5. The molecule has 1 aliphatic rings. The van der Waals surface area contributed by atoms with E-state index in [0.717, 1.165) is 36.6 Å². The zero-order valence-electron chi connectivity index (χ0n) is 12.2. The van der Waals surface area contributed by atoms with E-state index in [9.17, 15) is 0 Å². The molecule has 0 amide bonds. The standard InChI is InChI=1S/C13H24N4O2/c1-9-11(13(19-4)16(2)15-9)12-10(14)5-6-17(12)7-8-18-3/h10,12H,5-8,14H2,1-4H3. The molecule has 6 nitrogen and oxygen atoms in total. The van der Waals surface area contributed by atoms with Crippen molar-refractivity contribution in [3.05, 3.63) is 11.3 Å². The van der Waals surface area contributed by atoms with Gasteiger partial charge >= 0.3 is 0 Å². The fourth-order valence-electron chi connectivity index (χ4n) is 2.97. The Kier molecular flexibility index (Phi) is 4.44. The van der Waals surface area contributed by atoms with Crippen molar-refractivity contribution in [1.29, 1.82) is 0 Å². The van der Waals surface area contributed by atoms with E-state index >= 15 is 0 Å². The summed E-state index contributed by atoms with van der Waals surface area (Å²) in [5.41, 5.74) is 8.41. The van der Waals surface area contributed by atoms with Crippen LogP contribution >= 0.6 is 0 Å². The Morgan fingerprint density at radius 2 is 2.16 bits per heavy atom. The van der Waals surface area contributed by atoms with Gasteiger partial charge in [0.1, 0.15) is 0 Å². The summed E-state index contributed by atoms with van der Waals surface area (Å²) >= 11 is 0. The van der Waals surface area contributed by atoms with Crippen molar-refractivity contribution < 1.29 is 9.47 Å². The van der Waals surface area contributed by atoms with Crippen molar-refractivity contribution in [2.24, 2.45) is 12.8 Å². The predicted molar refractivity (Wildman–Crippen MR) is 73.3 cm³/mol. The molecule has 6 heteroatoms. The average molecular weight is 268 g/mol. The van der Waals surface area contributed by atoms with Crippen LogP contribution in [0.15, 0.2) is 0 Å². The monoisotopic (exact) mass is 268 g/mol. The first-order valence-corrected chi connectivity index (χ1v) is 6.66. The number of hydrogen-bond donors (Lipinski definition) is 1. The van der Waals surface area contributed by atoms with Gasteiger partial charge in [0.2, 0.25) is 5.88 Å². The molecule has 1 aliphatic heterocycles. The second-order valence-electron chi connectivity index (χ2n) is 5.06. The molecule has 2 heterocycles. The lowest BCUT2D eigenvalue weighted by Gasteiger charge is -2.27. The van der Waals surface area contributed by atoms with Crippen molar-refractivity contribution in [2.75, 3.05) is 33.9 Å². The fourth-order valence-corrected chi connectivity index (χ4v) is 2.97. The number of methoxy groups -OCH3 is 2. The molecular formula is C13H24N4O2. The summed E-state index contributed by atoms with van der Waals surface area (Å²) in [6.45, 7) is 4.60. The van der Waals surface area contributed by atoms with Crippen LogP contribution in [-0.4, -0.2) is 54.6 Å². The van der Waals surface area contributed by atoms with Crippen LogP contribution in [0, 0.1) is 6.92 Å². The summed E-state index contributed by atoms with van der Waals surface area (Å²) in [5.74, 6) is 0.808. The number of hydrogen-bond acceptors (Lipinski definition) is 5. The highest BCUT2D eigenvalue weighted by molar-refractivity contribution is 5.36. The Labute approximate surface area is 114 Å². The van der Waals surface area contributed by atoms with Crippen LogP contribution in [-0.2, 0) is 11.8 Å². The Morgan fingerprint density at radius 3 is 2.79 bits per heavy atom. The highest BCUT2D eigenvalue weighted by Gasteiger charge is 2.37.